The number of carboxylic acids is 1. The van der Waals surface area contributed by atoms with Crippen LogP contribution in [0.4, 0.5) is 13.2 Å². The number of fused-ring (bicyclic) bond motifs is 1. The summed E-state index contributed by atoms with van der Waals surface area (Å²) >= 11 is 6.39. The third-order valence-electron chi connectivity index (χ3n) is 9.11. The molecule has 0 radical (unpaired) electrons. The Labute approximate surface area is 293 Å². The Morgan fingerprint density at radius 2 is 1.90 bits per heavy atom. The lowest BCUT2D eigenvalue weighted by Crippen LogP contribution is -2.52. The number of pyridine rings is 2. The van der Waals surface area contributed by atoms with E-state index >= 15 is 8.78 Å². The van der Waals surface area contributed by atoms with E-state index in [0.717, 1.165) is 31.0 Å². The normalized spacial score (nSPS) is 16.2. The van der Waals surface area contributed by atoms with Crippen molar-refractivity contribution < 1.29 is 37.3 Å². The summed E-state index contributed by atoms with van der Waals surface area (Å²) in [7, 11) is 0. The fourth-order valence-corrected chi connectivity index (χ4v) is 6.18. The minimum atomic E-state index is -1.31. The van der Waals surface area contributed by atoms with Gasteiger partial charge in [0, 0.05) is 36.4 Å². The first-order chi connectivity index (χ1) is 24.5. The number of ether oxygens (including phenoxy) is 2. The monoisotopic (exact) mass is 716 g/mol. The fourth-order valence-electron chi connectivity index (χ4n) is 5.98. The molecule has 1 aliphatic carbocycles. The van der Waals surface area contributed by atoms with Crippen molar-refractivity contribution in [3.8, 4) is 23.2 Å². The van der Waals surface area contributed by atoms with Gasteiger partial charge in [-0.15, -0.1) is 0 Å². The standard InChI is InChI=1S/C36H28ClF3N6O5/c37-24-14-29(34(47)45-36(18-41)6-2-7-36)42-15-21(24)17-51-32-4-1-3-28(43-32)23-13-25(38)19(9-26(23)39)12-31-44-33-27(40)10-20(35(48)49)11-30(33)46(31)16-22-5-8-50-22/h1,3-4,9-11,13-15,22H,2,5-8,12,16-17H2,(H,45,47)(H,48,49). The Kier molecular flexibility index (Phi) is 9.09. The molecule has 3 aromatic heterocycles. The number of imidazole rings is 1. The number of carbonyl (C=O) groups excluding carboxylic acids is 1. The average molecular weight is 717 g/mol. The Hall–Kier alpha value is -5.52. The van der Waals surface area contributed by atoms with Crippen molar-refractivity contribution in [2.45, 2.75) is 56.9 Å². The van der Waals surface area contributed by atoms with Crippen LogP contribution in [0.2, 0.25) is 5.02 Å². The molecule has 5 aromatic rings. The lowest BCUT2D eigenvalue weighted by atomic mass is 9.78. The zero-order chi connectivity index (χ0) is 35.9. The van der Waals surface area contributed by atoms with Gasteiger partial charge in [0.15, 0.2) is 5.82 Å². The molecule has 11 nitrogen and oxygen atoms in total. The molecule has 1 atom stereocenters. The van der Waals surface area contributed by atoms with E-state index < -0.39 is 34.9 Å². The molecule has 0 spiro atoms. The van der Waals surface area contributed by atoms with E-state index in [9.17, 15) is 24.3 Å². The quantitative estimate of drug-likeness (QED) is 0.158. The first kappa shape index (κ1) is 34.0. The Bertz CT molecular complexity index is 2250. The molecule has 1 saturated carbocycles. The number of nitrogens with zero attached hydrogens (tertiary/aromatic N) is 5. The van der Waals surface area contributed by atoms with Gasteiger partial charge >= 0.3 is 5.97 Å². The molecular weight excluding hydrogens is 689 g/mol. The van der Waals surface area contributed by atoms with Gasteiger partial charge in [-0.2, -0.15) is 5.26 Å². The molecule has 1 unspecified atom stereocenters. The predicted octanol–water partition coefficient (Wildman–Crippen LogP) is 6.40. The average Bonchev–Trinajstić information content (AvgIpc) is 3.42. The Morgan fingerprint density at radius 3 is 2.57 bits per heavy atom. The minimum Gasteiger partial charge on any atom is -0.478 e. The van der Waals surface area contributed by atoms with Crippen LogP contribution in [0.15, 0.2) is 54.7 Å². The van der Waals surface area contributed by atoms with Gasteiger partial charge in [-0.1, -0.05) is 17.7 Å². The van der Waals surface area contributed by atoms with Crippen LogP contribution in [0.1, 0.15) is 63.5 Å². The van der Waals surface area contributed by atoms with Crippen molar-refractivity contribution in [3.05, 3.63) is 105 Å². The summed E-state index contributed by atoms with van der Waals surface area (Å²) in [5, 5.41) is 21.8. The maximum Gasteiger partial charge on any atom is 0.335 e. The molecule has 4 heterocycles. The van der Waals surface area contributed by atoms with Gasteiger partial charge in [-0.3, -0.25) is 9.78 Å². The third-order valence-corrected chi connectivity index (χ3v) is 9.46. The van der Waals surface area contributed by atoms with Crippen LogP contribution >= 0.6 is 11.6 Å². The second-order valence-electron chi connectivity index (χ2n) is 12.5. The van der Waals surface area contributed by atoms with E-state index in [2.05, 4.69) is 26.3 Å². The van der Waals surface area contributed by atoms with Crippen molar-refractivity contribution in [1.82, 2.24) is 24.8 Å². The third kappa shape index (κ3) is 6.82. The molecule has 2 N–H and O–H groups in total. The number of hydrogen-bond donors (Lipinski definition) is 2. The first-order valence-electron chi connectivity index (χ1n) is 16.0. The van der Waals surface area contributed by atoms with Crippen molar-refractivity contribution >= 4 is 34.5 Å². The van der Waals surface area contributed by atoms with E-state index in [1.54, 1.807) is 10.6 Å². The Balaban J connectivity index is 1.08. The summed E-state index contributed by atoms with van der Waals surface area (Å²) in [5.74, 6) is -3.90. The second kappa shape index (κ2) is 13.7. The summed E-state index contributed by atoms with van der Waals surface area (Å²) in [6.07, 6.45) is 3.68. The number of hydrogen-bond acceptors (Lipinski definition) is 8. The number of aromatic carboxylic acids is 1. The number of amides is 1. The molecule has 2 aromatic carbocycles. The molecule has 1 aliphatic heterocycles. The number of benzene rings is 2. The molecular formula is C36H28ClF3N6O5. The molecule has 51 heavy (non-hydrogen) atoms. The van der Waals surface area contributed by atoms with Crippen molar-refractivity contribution in [2.75, 3.05) is 6.61 Å². The van der Waals surface area contributed by atoms with Gasteiger partial charge in [-0.05, 0) is 67.6 Å². The highest BCUT2D eigenvalue weighted by atomic mass is 35.5. The van der Waals surface area contributed by atoms with Crippen molar-refractivity contribution in [2.24, 2.45) is 0 Å². The van der Waals surface area contributed by atoms with Crippen LogP contribution in [0.5, 0.6) is 5.88 Å². The number of aromatic nitrogens is 4. The van der Waals surface area contributed by atoms with Crippen LogP contribution < -0.4 is 10.1 Å². The number of nitrogens with one attached hydrogen (secondary N) is 1. The van der Waals surface area contributed by atoms with E-state index in [-0.39, 0.29) is 81.5 Å². The molecule has 2 fully saturated rings. The number of nitriles is 1. The maximum atomic E-state index is 15.6. The number of rotatable bonds is 11. The predicted molar refractivity (Wildman–Crippen MR) is 177 cm³/mol. The maximum absolute atomic E-state index is 15.6. The molecule has 1 saturated heterocycles. The largest absolute Gasteiger partial charge is 0.478 e. The van der Waals surface area contributed by atoms with Crippen molar-refractivity contribution in [3.63, 3.8) is 0 Å². The first-order valence-corrected chi connectivity index (χ1v) is 16.4. The van der Waals surface area contributed by atoms with Gasteiger partial charge in [0.25, 0.3) is 5.91 Å². The number of carboxylic acid groups (broad SMARTS) is 1. The molecule has 1 amide bonds. The van der Waals surface area contributed by atoms with E-state index in [4.69, 9.17) is 21.1 Å². The van der Waals surface area contributed by atoms with Crippen LogP contribution in [0, 0.1) is 28.8 Å². The molecule has 0 bridgehead atoms. The fraction of sp³-hybridized carbons (Fsp3) is 0.278. The number of carbonyl (C=O) groups is 2. The number of halogens is 4. The molecule has 7 rings (SSSR count). The van der Waals surface area contributed by atoms with Crippen LogP contribution in [0.25, 0.3) is 22.3 Å². The van der Waals surface area contributed by atoms with Gasteiger partial charge in [0.2, 0.25) is 5.88 Å². The summed E-state index contributed by atoms with van der Waals surface area (Å²) < 4.78 is 59.0. The molecule has 15 heteroatoms. The van der Waals surface area contributed by atoms with Crippen molar-refractivity contribution in [1.29, 1.82) is 5.26 Å². The zero-order valence-corrected chi connectivity index (χ0v) is 27.5. The zero-order valence-electron chi connectivity index (χ0n) is 26.8. The highest BCUT2D eigenvalue weighted by Gasteiger charge is 2.39. The van der Waals surface area contributed by atoms with Gasteiger partial charge in [0.1, 0.15) is 40.8 Å². The SMILES string of the molecule is N#CC1(NC(=O)c2cc(Cl)c(COc3cccc(-c4cc(F)c(Cc5nc6c(F)cc(C(=O)O)cc6n5CC5CCO5)cc4F)n3)cn2)CCC1. The van der Waals surface area contributed by atoms with Crippen LogP contribution in [-0.4, -0.2) is 54.8 Å². The Morgan fingerprint density at radius 1 is 1.10 bits per heavy atom. The summed E-state index contributed by atoms with van der Waals surface area (Å²) in [4.78, 5) is 37.0. The summed E-state index contributed by atoms with van der Waals surface area (Å²) in [6, 6.07) is 12.3. The lowest BCUT2D eigenvalue weighted by molar-refractivity contribution is -0.0589. The van der Waals surface area contributed by atoms with Crippen LogP contribution in [-0.2, 0) is 24.3 Å². The molecule has 2 aliphatic rings. The van der Waals surface area contributed by atoms with Gasteiger partial charge in [-0.25, -0.2) is 27.9 Å². The van der Waals surface area contributed by atoms with Crippen LogP contribution in [0.3, 0.4) is 0 Å². The second-order valence-corrected chi connectivity index (χ2v) is 12.9. The highest BCUT2D eigenvalue weighted by Crippen LogP contribution is 2.32. The van der Waals surface area contributed by atoms with Gasteiger partial charge < -0.3 is 24.5 Å². The lowest BCUT2D eigenvalue weighted by Gasteiger charge is -2.35. The van der Waals surface area contributed by atoms with E-state index in [0.29, 0.717) is 25.0 Å². The van der Waals surface area contributed by atoms with E-state index in [1.165, 1.54) is 30.5 Å². The van der Waals surface area contributed by atoms with E-state index in [1.807, 2.05) is 0 Å². The highest BCUT2D eigenvalue weighted by molar-refractivity contribution is 6.31. The topological polar surface area (TPSA) is 152 Å². The molecule has 260 valence electrons. The smallest absolute Gasteiger partial charge is 0.335 e. The summed E-state index contributed by atoms with van der Waals surface area (Å²) in [6.45, 7) is 0.688. The summed E-state index contributed by atoms with van der Waals surface area (Å²) in [5.41, 5.74) is -0.617. The van der Waals surface area contributed by atoms with Gasteiger partial charge in [0.05, 0.1) is 40.5 Å². The minimum absolute atomic E-state index is 0.0514.